The van der Waals surface area contributed by atoms with Crippen LogP contribution in [0, 0.1) is 5.92 Å². The van der Waals surface area contributed by atoms with Gasteiger partial charge in [0, 0.05) is 23.0 Å². The van der Waals surface area contributed by atoms with Crippen LogP contribution >= 0.6 is 15.9 Å². The summed E-state index contributed by atoms with van der Waals surface area (Å²) in [6.45, 7) is 6.59. The van der Waals surface area contributed by atoms with Gasteiger partial charge in [-0.3, -0.25) is 4.79 Å². The number of benzene rings is 1. The van der Waals surface area contributed by atoms with Crippen molar-refractivity contribution in [3.8, 4) is 0 Å². The van der Waals surface area contributed by atoms with Gasteiger partial charge in [0.05, 0.1) is 0 Å². The molecule has 0 spiro atoms. The quantitative estimate of drug-likeness (QED) is 0.660. The summed E-state index contributed by atoms with van der Waals surface area (Å²) >= 11 is 3.38. The van der Waals surface area contributed by atoms with Gasteiger partial charge in [0.15, 0.2) is 5.78 Å². The molecule has 3 heteroatoms. The van der Waals surface area contributed by atoms with Crippen LogP contribution in [0.2, 0.25) is 0 Å². The second kappa shape index (κ2) is 8.49. The molecule has 0 aliphatic rings. The van der Waals surface area contributed by atoms with Gasteiger partial charge in [-0.15, -0.1) is 0 Å². The number of Topliss-reactive ketones (excluding diaryl/α,β-unsaturated/α-hetero) is 1. The number of nitrogens with zero attached hydrogens (tertiary/aromatic N) is 1. The van der Waals surface area contributed by atoms with Gasteiger partial charge in [0.25, 0.3) is 0 Å². The highest BCUT2D eigenvalue weighted by molar-refractivity contribution is 9.10. The van der Waals surface area contributed by atoms with Gasteiger partial charge in [-0.1, -0.05) is 48.3 Å². The zero-order chi connectivity index (χ0) is 14.3. The molecule has 106 valence electrons. The SMILES string of the molecule is CCC(C)CN(C)CCCC(=O)c1ccc(Br)cc1. The average molecular weight is 326 g/mol. The zero-order valence-corrected chi connectivity index (χ0v) is 13.7. The van der Waals surface area contributed by atoms with Crippen molar-refractivity contribution in [2.45, 2.75) is 33.1 Å². The van der Waals surface area contributed by atoms with Gasteiger partial charge in [-0.05, 0) is 38.1 Å². The van der Waals surface area contributed by atoms with Crippen LogP contribution in [0.25, 0.3) is 0 Å². The molecule has 0 radical (unpaired) electrons. The number of carbonyl (C=O) groups is 1. The Morgan fingerprint density at radius 1 is 1.32 bits per heavy atom. The number of rotatable bonds is 8. The van der Waals surface area contributed by atoms with Crippen LogP contribution < -0.4 is 0 Å². The molecule has 0 heterocycles. The number of ketones is 1. The normalized spacial score (nSPS) is 12.7. The standard InChI is InChI=1S/C16H24BrNO/c1-4-13(2)12-18(3)11-5-6-16(19)14-7-9-15(17)10-8-14/h7-10,13H,4-6,11-12H2,1-3H3. The highest BCUT2D eigenvalue weighted by Crippen LogP contribution is 2.13. The van der Waals surface area contributed by atoms with Crippen molar-refractivity contribution in [1.29, 1.82) is 0 Å². The first-order chi connectivity index (χ1) is 9.02. The Labute approximate surface area is 125 Å². The van der Waals surface area contributed by atoms with Crippen LogP contribution in [0.1, 0.15) is 43.5 Å². The molecular weight excluding hydrogens is 302 g/mol. The lowest BCUT2D eigenvalue weighted by molar-refractivity contribution is 0.0975. The third kappa shape index (κ3) is 6.35. The highest BCUT2D eigenvalue weighted by atomic mass is 79.9. The van der Waals surface area contributed by atoms with Gasteiger partial charge in [-0.2, -0.15) is 0 Å². The van der Waals surface area contributed by atoms with Gasteiger partial charge < -0.3 is 4.90 Å². The highest BCUT2D eigenvalue weighted by Gasteiger charge is 2.08. The molecule has 0 aromatic heterocycles. The molecule has 0 fully saturated rings. The summed E-state index contributed by atoms with van der Waals surface area (Å²) < 4.78 is 1.01. The Kier molecular flexibility index (Phi) is 7.32. The Balaban J connectivity index is 2.29. The van der Waals surface area contributed by atoms with Crippen molar-refractivity contribution in [2.24, 2.45) is 5.92 Å². The third-order valence-electron chi connectivity index (χ3n) is 3.43. The lowest BCUT2D eigenvalue weighted by atomic mass is 10.1. The van der Waals surface area contributed by atoms with E-state index in [9.17, 15) is 4.79 Å². The monoisotopic (exact) mass is 325 g/mol. The minimum Gasteiger partial charge on any atom is -0.306 e. The van der Waals surface area contributed by atoms with Crippen molar-refractivity contribution in [3.05, 3.63) is 34.3 Å². The van der Waals surface area contributed by atoms with Crippen LogP contribution in [0.4, 0.5) is 0 Å². The van der Waals surface area contributed by atoms with E-state index >= 15 is 0 Å². The summed E-state index contributed by atoms with van der Waals surface area (Å²) in [7, 11) is 2.14. The maximum absolute atomic E-state index is 12.0. The first kappa shape index (κ1) is 16.4. The number of hydrogen-bond donors (Lipinski definition) is 0. The Hall–Kier alpha value is -0.670. The second-order valence-corrected chi connectivity index (χ2v) is 6.22. The van der Waals surface area contributed by atoms with Gasteiger partial charge >= 0.3 is 0 Å². The molecule has 1 unspecified atom stereocenters. The maximum Gasteiger partial charge on any atom is 0.162 e. The van der Waals surface area contributed by atoms with E-state index in [2.05, 4.69) is 41.7 Å². The average Bonchev–Trinajstić information content (AvgIpc) is 2.39. The first-order valence-electron chi connectivity index (χ1n) is 7.00. The van der Waals surface area contributed by atoms with E-state index in [1.54, 1.807) is 0 Å². The van der Waals surface area contributed by atoms with Crippen molar-refractivity contribution in [3.63, 3.8) is 0 Å². The van der Waals surface area contributed by atoms with E-state index in [4.69, 9.17) is 0 Å². The lowest BCUT2D eigenvalue weighted by Crippen LogP contribution is -2.25. The molecule has 1 aromatic carbocycles. The lowest BCUT2D eigenvalue weighted by Gasteiger charge is -2.20. The summed E-state index contributed by atoms with van der Waals surface area (Å²) in [5, 5.41) is 0. The van der Waals surface area contributed by atoms with Crippen LogP contribution in [0.15, 0.2) is 28.7 Å². The molecule has 1 rings (SSSR count). The molecule has 0 amide bonds. The van der Waals surface area contributed by atoms with Crippen LogP contribution in [-0.2, 0) is 0 Å². The number of carbonyl (C=O) groups excluding carboxylic acids is 1. The Morgan fingerprint density at radius 3 is 2.53 bits per heavy atom. The van der Waals surface area contributed by atoms with E-state index in [-0.39, 0.29) is 5.78 Å². The van der Waals surface area contributed by atoms with Crippen LogP contribution in [0.3, 0.4) is 0 Å². The summed E-state index contributed by atoms with van der Waals surface area (Å²) in [4.78, 5) is 14.3. The van der Waals surface area contributed by atoms with Gasteiger partial charge in [0.2, 0.25) is 0 Å². The topological polar surface area (TPSA) is 20.3 Å². The molecule has 0 saturated carbocycles. The largest absolute Gasteiger partial charge is 0.306 e. The molecule has 2 nitrogen and oxygen atoms in total. The van der Waals surface area contributed by atoms with Crippen molar-refractivity contribution >= 4 is 21.7 Å². The van der Waals surface area contributed by atoms with Crippen molar-refractivity contribution in [2.75, 3.05) is 20.1 Å². The minimum atomic E-state index is 0.240. The van der Waals surface area contributed by atoms with Gasteiger partial charge in [-0.25, -0.2) is 0 Å². The summed E-state index contributed by atoms with van der Waals surface area (Å²) in [5.41, 5.74) is 0.813. The van der Waals surface area contributed by atoms with Crippen molar-refractivity contribution in [1.82, 2.24) is 4.90 Å². The molecule has 0 aliphatic carbocycles. The fourth-order valence-electron chi connectivity index (χ4n) is 2.04. The molecule has 19 heavy (non-hydrogen) atoms. The van der Waals surface area contributed by atoms with E-state index in [0.29, 0.717) is 6.42 Å². The second-order valence-electron chi connectivity index (χ2n) is 5.31. The predicted molar refractivity (Wildman–Crippen MR) is 84.7 cm³/mol. The van der Waals surface area contributed by atoms with Crippen LogP contribution in [-0.4, -0.2) is 30.8 Å². The number of halogens is 1. The number of hydrogen-bond acceptors (Lipinski definition) is 2. The first-order valence-corrected chi connectivity index (χ1v) is 7.79. The summed E-state index contributed by atoms with van der Waals surface area (Å²) in [6, 6.07) is 7.61. The van der Waals surface area contributed by atoms with Crippen molar-refractivity contribution < 1.29 is 4.79 Å². The van der Waals surface area contributed by atoms with E-state index in [0.717, 1.165) is 35.5 Å². The maximum atomic E-state index is 12.0. The molecule has 1 atom stereocenters. The van der Waals surface area contributed by atoms with E-state index in [1.165, 1.54) is 6.42 Å². The smallest absolute Gasteiger partial charge is 0.162 e. The Morgan fingerprint density at radius 2 is 1.95 bits per heavy atom. The molecule has 0 saturated heterocycles. The molecule has 0 aliphatic heterocycles. The Bertz CT molecular complexity index is 388. The van der Waals surface area contributed by atoms with Crippen LogP contribution in [0.5, 0.6) is 0 Å². The van der Waals surface area contributed by atoms with Gasteiger partial charge in [0.1, 0.15) is 0 Å². The fraction of sp³-hybridized carbons (Fsp3) is 0.562. The summed E-state index contributed by atoms with van der Waals surface area (Å²) in [5.74, 6) is 0.969. The van der Waals surface area contributed by atoms with E-state index in [1.807, 2.05) is 24.3 Å². The molecular formula is C16H24BrNO. The van der Waals surface area contributed by atoms with E-state index < -0.39 is 0 Å². The minimum absolute atomic E-state index is 0.240. The fourth-order valence-corrected chi connectivity index (χ4v) is 2.31. The zero-order valence-electron chi connectivity index (χ0n) is 12.2. The molecule has 0 N–H and O–H groups in total. The molecule has 0 bridgehead atoms. The summed E-state index contributed by atoms with van der Waals surface area (Å²) in [6.07, 6.45) is 2.77. The molecule has 1 aromatic rings. The predicted octanol–water partition coefficient (Wildman–Crippen LogP) is 4.39. The third-order valence-corrected chi connectivity index (χ3v) is 3.96.